The molecule has 0 spiro atoms. The van der Waals surface area contributed by atoms with Crippen LogP contribution >= 0.6 is 11.6 Å². The largest absolute Gasteiger partial charge is 0.354 e. The molecular formula is C27H29ClN2O3S. The number of para-hydroxylation sites is 1. The van der Waals surface area contributed by atoms with Crippen LogP contribution < -0.4 is 9.62 Å². The van der Waals surface area contributed by atoms with Crippen LogP contribution in [0.4, 0.5) is 5.69 Å². The van der Waals surface area contributed by atoms with E-state index in [0.717, 1.165) is 16.7 Å². The normalized spacial score (nSPS) is 15.8. The average Bonchev–Trinajstić information content (AvgIpc) is 3.20. The highest BCUT2D eigenvalue weighted by molar-refractivity contribution is 7.93. The summed E-state index contributed by atoms with van der Waals surface area (Å²) >= 11 is 6.22. The zero-order valence-corrected chi connectivity index (χ0v) is 21.2. The fourth-order valence-electron chi connectivity index (χ4n) is 4.23. The lowest BCUT2D eigenvalue weighted by Crippen LogP contribution is -2.48. The van der Waals surface area contributed by atoms with Gasteiger partial charge < -0.3 is 5.32 Å². The summed E-state index contributed by atoms with van der Waals surface area (Å²) in [6, 6.07) is 20.9. The van der Waals surface area contributed by atoms with E-state index in [1.807, 2.05) is 48.5 Å². The van der Waals surface area contributed by atoms with Gasteiger partial charge in [-0.15, -0.1) is 0 Å². The van der Waals surface area contributed by atoms with Crippen molar-refractivity contribution < 1.29 is 13.2 Å². The number of hydrogen-bond donors (Lipinski definition) is 1. The van der Waals surface area contributed by atoms with Gasteiger partial charge in [-0.1, -0.05) is 80.9 Å². The molecule has 3 aromatic carbocycles. The number of halogens is 1. The maximum atomic E-state index is 13.7. The maximum absolute atomic E-state index is 13.7. The molecule has 4 rings (SSSR count). The second kappa shape index (κ2) is 9.43. The zero-order chi connectivity index (χ0) is 24.5. The molecule has 0 unspecified atom stereocenters. The van der Waals surface area contributed by atoms with Crippen LogP contribution in [-0.2, 0) is 33.1 Å². The minimum Gasteiger partial charge on any atom is -0.354 e. The number of amides is 1. The Hall–Kier alpha value is -2.83. The van der Waals surface area contributed by atoms with Crippen LogP contribution in [0, 0.1) is 0 Å². The lowest BCUT2D eigenvalue weighted by molar-refractivity contribution is -0.122. The summed E-state index contributed by atoms with van der Waals surface area (Å²) in [6.45, 7) is 6.60. The second-order valence-electron chi connectivity index (χ2n) is 9.56. The van der Waals surface area contributed by atoms with E-state index < -0.39 is 16.1 Å². The van der Waals surface area contributed by atoms with Gasteiger partial charge in [0.2, 0.25) is 5.91 Å². The highest BCUT2D eigenvalue weighted by atomic mass is 35.5. The number of rotatable bonds is 6. The van der Waals surface area contributed by atoms with Gasteiger partial charge in [0.05, 0.1) is 10.6 Å². The topological polar surface area (TPSA) is 66.5 Å². The summed E-state index contributed by atoms with van der Waals surface area (Å²) < 4.78 is 28.8. The van der Waals surface area contributed by atoms with Crippen molar-refractivity contribution in [3.8, 4) is 0 Å². The van der Waals surface area contributed by atoms with Crippen molar-refractivity contribution in [1.82, 2.24) is 5.32 Å². The van der Waals surface area contributed by atoms with Crippen LogP contribution in [0.1, 0.15) is 37.5 Å². The molecule has 0 fully saturated rings. The summed E-state index contributed by atoms with van der Waals surface area (Å²) in [7, 11) is -3.94. The molecular weight excluding hydrogens is 468 g/mol. The summed E-state index contributed by atoms with van der Waals surface area (Å²) in [5, 5.41) is 3.56. The minimum absolute atomic E-state index is 0.0907. The van der Waals surface area contributed by atoms with Crippen molar-refractivity contribution in [2.45, 2.75) is 50.0 Å². The van der Waals surface area contributed by atoms with Crippen LogP contribution in [0.25, 0.3) is 0 Å². The van der Waals surface area contributed by atoms with Crippen LogP contribution in [-0.4, -0.2) is 26.9 Å². The van der Waals surface area contributed by atoms with E-state index in [1.54, 1.807) is 24.3 Å². The molecule has 3 aromatic rings. The van der Waals surface area contributed by atoms with Gasteiger partial charge in [-0.05, 0) is 52.8 Å². The third-order valence-electron chi connectivity index (χ3n) is 6.16. The zero-order valence-electron chi connectivity index (χ0n) is 19.6. The molecule has 1 atom stereocenters. The summed E-state index contributed by atoms with van der Waals surface area (Å²) in [5.74, 6) is -0.321. The highest BCUT2D eigenvalue weighted by Crippen LogP contribution is 2.37. The first-order valence-corrected chi connectivity index (χ1v) is 13.1. The number of sulfonamides is 1. The fourth-order valence-corrected chi connectivity index (χ4v) is 6.11. The van der Waals surface area contributed by atoms with Gasteiger partial charge in [0, 0.05) is 18.0 Å². The van der Waals surface area contributed by atoms with Crippen LogP contribution in [0.3, 0.4) is 0 Å². The Morgan fingerprint density at radius 2 is 1.65 bits per heavy atom. The minimum atomic E-state index is -3.94. The Balaban J connectivity index is 1.59. The number of benzene rings is 3. The van der Waals surface area contributed by atoms with Gasteiger partial charge in [-0.3, -0.25) is 9.10 Å². The molecule has 1 aliphatic rings. The number of fused-ring (bicyclic) bond motifs is 1. The Morgan fingerprint density at radius 1 is 1.00 bits per heavy atom. The molecule has 34 heavy (non-hydrogen) atoms. The third kappa shape index (κ3) is 4.84. The van der Waals surface area contributed by atoms with Crippen molar-refractivity contribution in [1.29, 1.82) is 0 Å². The smallest absolute Gasteiger partial charge is 0.265 e. The first kappa shape index (κ1) is 24.3. The molecule has 0 aliphatic carbocycles. The van der Waals surface area contributed by atoms with Gasteiger partial charge in [-0.2, -0.15) is 0 Å². The molecule has 0 saturated heterocycles. The lowest BCUT2D eigenvalue weighted by Gasteiger charge is -2.27. The van der Waals surface area contributed by atoms with Crippen molar-refractivity contribution in [3.63, 3.8) is 0 Å². The van der Waals surface area contributed by atoms with Crippen molar-refractivity contribution in [2.24, 2.45) is 0 Å². The lowest BCUT2D eigenvalue weighted by atomic mass is 9.87. The predicted molar refractivity (Wildman–Crippen MR) is 137 cm³/mol. The number of hydrogen-bond acceptors (Lipinski definition) is 3. The second-order valence-corrected chi connectivity index (χ2v) is 11.8. The molecule has 5 nitrogen and oxygen atoms in total. The van der Waals surface area contributed by atoms with Crippen LogP contribution in [0.2, 0.25) is 5.02 Å². The average molecular weight is 497 g/mol. The standard InChI is InChI=1S/C27H29ClN2O3S/c1-27(2,3)21-12-14-22(15-13-21)34(32,33)30-24-11-7-5-9-20(24)18-25(30)26(31)29-17-16-19-8-4-6-10-23(19)28/h4-15,25H,16-18H2,1-3H3,(H,29,31)/t25-/m0/s1. The summed E-state index contributed by atoms with van der Waals surface area (Å²) in [6.07, 6.45) is 0.888. The van der Waals surface area contributed by atoms with E-state index in [2.05, 4.69) is 26.1 Å². The monoisotopic (exact) mass is 496 g/mol. The number of anilines is 1. The first-order valence-electron chi connectivity index (χ1n) is 11.3. The third-order valence-corrected chi connectivity index (χ3v) is 8.36. The molecule has 1 aliphatic heterocycles. The summed E-state index contributed by atoms with van der Waals surface area (Å²) in [4.78, 5) is 13.4. The van der Waals surface area contributed by atoms with E-state index in [9.17, 15) is 13.2 Å². The Bertz CT molecular complexity index is 1300. The SMILES string of the molecule is CC(C)(C)c1ccc(S(=O)(=O)N2c3ccccc3C[C@H]2C(=O)NCCc2ccccc2Cl)cc1. The van der Waals surface area contributed by atoms with Gasteiger partial charge in [-0.25, -0.2) is 8.42 Å². The number of carbonyl (C=O) groups excluding carboxylic acids is 1. The van der Waals surface area contributed by atoms with E-state index in [0.29, 0.717) is 30.1 Å². The van der Waals surface area contributed by atoms with E-state index in [1.165, 1.54) is 4.31 Å². The van der Waals surface area contributed by atoms with Crippen molar-refractivity contribution >= 4 is 33.2 Å². The quantitative estimate of drug-likeness (QED) is 0.515. The van der Waals surface area contributed by atoms with Gasteiger partial charge in [0.1, 0.15) is 6.04 Å². The van der Waals surface area contributed by atoms with E-state index in [-0.39, 0.29) is 16.2 Å². The molecule has 0 radical (unpaired) electrons. The Morgan fingerprint density at radius 3 is 2.32 bits per heavy atom. The molecule has 0 saturated carbocycles. The maximum Gasteiger partial charge on any atom is 0.265 e. The summed E-state index contributed by atoms with van der Waals surface area (Å²) in [5.41, 5.74) is 3.27. The Labute approximate surface area is 206 Å². The van der Waals surface area contributed by atoms with Crippen LogP contribution in [0.15, 0.2) is 77.7 Å². The molecule has 178 valence electrons. The Kier molecular flexibility index (Phi) is 6.74. The van der Waals surface area contributed by atoms with Crippen LogP contribution in [0.5, 0.6) is 0 Å². The van der Waals surface area contributed by atoms with E-state index in [4.69, 9.17) is 11.6 Å². The molecule has 0 bridgehead atoms. The highest BCUT2D eigenvalue weighted by Gasteiger charge is 2.42. The molecule has 1 amide bonds. The first-order chi connectivity index (χ1) is 16.1. The molecule has 1 N–H and O–H groups in total. The van der Waals surface area contributed by atoms with E-state index >= 15 is 0 Å². The van der Waals surface area contributed by atoms with Gasteiger partial charge >= 0.3 is 0 Å². The van der Waals surface area contributed by atoms with Crippen molar-refractivity contribution in [3.05, 3.63) is 94.5 Å². The number of carbonyl (C=O) groups is 1. The van der Waals surface area contributed by atoms with Crippen molar-refractivity contribution in [2.75, 3.05) is 10.8 Å². The van der Waals surface area contributed by atoms with Gasteiger partial charge in [0.25, 0.3) is 10.0 Å². The molecule has 0 aromatic heterocycles. The predicted octanol–water partition coefficient (Wildman–Crippen LogP) is 5.12. The van der Waals surface area contributed by atoms with Gasteiger partial charge in [0.15, 0.2) is 0 Å². The molecule has 1 heterocycles. The fraction of sp³-hybridized carbons (Fsp3) is 0.296. The molecule has 7 heteroatoms. The number of nitrogens with zero attached hydrogens (tertiary/aromatic N) is 1. The number of nitrogens with one attached hydrogen (secondary N) is 1.